The molecule has 0 aliphatic rings. The number of ether oxygens (including phenoxy) is 1. The van der Waals surface area contributed by atoms with E-state index in [0.717, 1.165) is 0 Å². The fourth-order valence-corrected chi connectivity index (χ4v) is 5.90. The van der Waals surface area contributed by atoms with Crippen LogP contribution in [0.15, 0.2) is 99.5 Å². The molecule has 5 rings (SSSR count). The van der Waals surface area contributed by atoms with Crippen LogP contribution in [0, 0.1) is 0 Å². The number of amides is 1. The monoisotopic (exact) mass is 714 g/mol. The molecule has 0 saturated carbocycles. The Bertz CT molecular complexity index is 2230. The smallest absolute Gasteiger partial charge is 0.341 e. The minimum absolute atomic E-state index is 0.0651. The number of carbonyl (C=O) groups is 4. The molecule has 3 N–H and O–H groups in total. The van der Waals surface area contributed by atoms with Crippen LogP contribution in [-0.2, 0) is 24.3 Å². The average Bonchev–Trinajstić information content (AvgIpc) is 3.70. The van der Waals surface area contributed by atoms with Crippen LogP contribution in [0.4, 0.5) is 10.8 Å². The lowest BCUT2D eigenvalue weighted by atomic mass is 9.97. The molecule has 0 spiro atoms. The predicted octanol–water partition coefficient (Wildman–Crippen LogP) is 4.90. The third kappa shape index (κ3) is 8.25. The Kier molecular flexibility index (Phi) is 10.2. The van der Waals surface area contributed by atoms with Crippen molar-refractivity contribution >= 4 is 55.6 Å². The van der Waals surface area contributed by atoms with Gasteiger partial charge in [0.2, 0.25) is 15.5 Å². The van der Waals surface area contributed by atoms with E-state index in [1.54, 1.807) is 99.6 Å². The highest BCUT2D eigenvalue weighted by molar-refractivity contribution is 7.91. The molecule has 50 heavy (non-hydrogen) atoms. The van der Waals surface area contributed by atoms with Crippen molar-refractivity contribution in [3.63, 3.8) is 0 Å². The molecular weight excluding hydrogens is 685 g/mol. The van der Waals surface area contributed by atoms with E-state index in [1.807, 2.05) is 0 Å². The van der Waals surface area contributed by atoms with Gasteiger partial charge in [-0.05, 0) is 45.9 Å². The van der Waals surface area contributed by atoms with Crippen molar-refractivity contribution in [3.05, 3.63) is 102 Å². The lowest BCUT2D eigenvalue weighted by Gasteiger charge is -2.20. The maximum Gasteiger partial charge on any atom is 0.341 e. The van der Waals surface area contributed by atoms with Crippen LogP contribution in [0.25, 0.3) is 16.9 Å². The number of sulfonamides is 1. The molecule has 15 nitrogen and oxygen atoms in total. The third-order valence-electron chi connectivity index (χ3n) is 6.66. The van der Waals surface area contributed by atoms with E-state index < -0.39 is 49.4 Å². The summed E-state index contributed by atoms with van der Waals surface area (Å²) in [6.45, 7) is 6.20. The highest BCUT2D eigenvalue weighted by Gasteiger charge is 2.32. The first-order valence-electron chi connectivity index (χ1n) is 14.8. The largest absolute Gasteiger partial charge is 0.458 e. The zero-order chi connectivity index (χ0) is 36.2. The second-order valence-electron chi connectivity index (χ2n) is 11.7. The van der Waals surface area contributed by atoms with Gasteiger partial charge in [-0.25, -0.2) is 23.0 Å². The Morgan fingerprint density at radius 2 is 1.60 bits per heavy atom. The summed E-state index contributed by atoms with van der Waals surface area (Å²) in [4.78, 5) is 53.0. The molecule has 1 amide bonds. The predicted molar refractivity (Wildman–Crippen MR) is 183 cm³/mol. The number of nitrogens with zero attached hydrogens (tertiary/aromatic N) is 6. The number of benzene rings is 3. The summed E-state index contributed by atoms with van der Waals surface area (Å²) in [7, 11) is -4.19. The van der Waals surface area contributed by atoms with Crippen LogP contribution in [0.2, 0.25) is 0 Å². The number of hydrogen-bond acceptors (Lipinski definition) is 13. The Morgan fingerprint density at radius 1 is 0.940 bits per heavy atom. The summed E-state index contributed by atoms with van der Waals surface area (Å²) in [6, 6.07) is 21.9. The molecular formula is C33H30N8O7S2. The molecule has 3 aromatic carbocycles. The summed E-state index contributed by atoms with van der Waals surface area (Å²) < 4.78 is 29.7. The number of ketones is 2. The van der Waals surface area contributed by atoms with E-state index >= 15 is 0 Å². The molecule has 2 aromatic heterocycles. The topological polar surface area (TPSA) is 218 Å². The fourth-order valence-electron chi connectivity index (χ4n) is 4.57. The average molecular weight is 715 g/mol. The maximum absolute atomic E-state index is 14.2. The Labute approximate surface area is 290 Å². The Hall–Kier alpha value is -5.78. The Morgan fingerprint density at radius 3 is 2.20 bits per heavy atom. The van der Waals surface area contributed by atoms with Crippen molar-refractivity contribution in [2.45, 2.75) is 43.7 Å². The second kappa shape index (κ2) is 14.4. The molecule has 0 fully saturated rings. The zero-order valence-electron chi connectivity index (χ0n) is 27.1. The second-order valence-corrected chi connectivity index (χ2v) is 14.4. The van der Waals surface area contributed by atoms with Gasteiger partial charge in [0.05, 0.1) is 22.6 Å². The van der Waals surface area contributed by atoms with Crippen LogP contribution >= 0.6 is 11.3 Å². The van der Waals surface area contributed by atoms with Gasteiger partial charge in [-0.3, -0.25) is 19.7 Å². The molecule has 256 valence electrons. The number of esters is 1. The zero-order valence-corrected chi connectivity index (χ0v) is 28.7. The van der Waals surface area contributed by atoms with Gasteiger partial charge >= 0.3 is 5.97 Å². The third-order valence-corrected chi connectivity index (χ3v) is 8.81. The highest BCUT2D eigenvalue weighted by atomic mass is 32.2. The fraction of sp³-hybridized carbons (Fsp3) is 0.182. The summed E-state index contributed by atoms with van der Waals surface area (Å²) in [5, 5.41) is 27.3. The standard InChI is InChI=1S/C33H30N8O7S2/c1-19(42)25(30(45)48-33(2,3)4)37-36-22-16-11-17-23(18-22)41-27(20-12-7-5-8-13-20)24(28(43)21-14-9-6-10-15-21)26(40-41)29(44)35-31-38-39-32(49-31)50(34,46)47/h5-18,25H,1-4H3,(H2,34,46,47)(H,35,38,44). The molecule has 1 unspecified atom stereocenters. The number of azo groups is 1. The molecule has 0 bridgehead atoms. The van der Waals surface area contributed by atoms with Gasteiger partial charge in [0.25, 0.3) is 15.9 Å². The number of hydrogen-bond donors (Lipinski definition) is 2. The quantitative estimate of drug-likeness (QED) is 0.0619. The van der Waals surface area contributed by atoms with Gasteiger partial charge in [0, 0.05) is 11.1 Å². The minimum Gasteiger partial charge on any atom is -0.458 e. The van der Waals surface area contributed by atoms with E-state index in [2.05, 4.69) is 30.8 Å². The highest BCUT2D eigenvalue weighted by Crippen LogP contribution is 2.33. The van der Waals surface area contributed by atoms with E-state index in [0.29, 0.717) is 22.6 Å². The number of anilines is 1. The van der Waals surface area contributed by atoms with Crippen LogP contribution < -0.4 is 10.5 Å². The van der Waals surface area contributed by atoms with E-state index in [1.165, 1.54) is 17.7 Å². The van der Waals surface area contributed by atoms with Gasteiger partial charge in [-0.15, -0.1) is 10.2 Å². The van der Waals surface area contributed by atoms with Gasteiger partial charge in [-0.2, -0.15) is 15.3 Å². The number of aromatic nitrogens is 4. The van der Waals surface area contributed by atoms with Crippen LogP contribution in [0.1, 0.15) is 54.1 Å². The SMILES string of the molecule is CC(=O)C(N=Nc1cccc(-n2nc(C(=O)Nc3nnc(S(N)(=O)=O)s3)c(C(=O)c3ccccc3)c2-c2ccccc2)c1)C(=O)OC(C)(C)C. The van der Waals surface area contributed by atoms with Gasteiger partial charge < -0.3 is 4.74 Å². The summed E-state index contributed by atoms with van der Waals surface area (Å²) >= 11 is 0.527. The van der Waals surface area contributed by atoms with Crippen molar-refractivity contribution in [2.24, 2.45) is 15.4 Å². The first kappa shape index (κ1) is 35.5. The van der Waals surface area contributed by atoms with E-state index in [4.69, 9.17) is 9.88 Å². The van der Waals surface area contributed by atoms with Crippen LogP contribution in [-0.4, -0.2) is 63.5 Å². The maximum atomic E-state index is 14.2. The van der Waals surface area contributed by atoms with E-state index in [9.17, 15) is 27.6 Å². The van der Waals surface area contributed by atoms with E-state index in [-0.39, 0.29) is 33.3 Å². The van der Waals surface area contributed by atoms with Crippen molar-refractivity contribution < 1.29 is 32.3 Å². The molecule has 0 saturated heterocycles. The number of primary sulfonamides is 1. The summed E-state index contributed by atoms with van der Waals surface area (Å²) in [6.07, 6.45) is 0. The van der Waals surface area contributed by atoms with Crippen molar-refractivity contribution in [3.8, 4) is 16.9 Å². The number of nitrogens with one attached hydrogen (secondary N) is 1. The molecule has 1 atom stereocenters. The first-order chi connectivity index (χ1) is 23.6. The van der Waals surface area contributed by atoms with Crippen LogP contribution in [0.3, 0.4) is 0 Å². The molecule has 0 aliphatic heterocycles. The Balaban J connectivity index is 1.66. The summed E-state index contributed by atoms with van der Waals surface area (Å²) in [5.74, 6) is -2.82. The molecule has 0 radical (unpaired) electrons. The lowest BCUT2D eigenvalue weighted by molar-refractivity contribution is -0.157. The number of rotatable bonds is 11. The van der Waals surface area contributed by atoms with Crippen molar-refractivity contribution in [1.82, 2.24) is 20.0 Å². The molecule has 17 heteroatoms. The lowest BCUT2D eigenvalue weighted by Crippen LogP contribution is -2.34. The van der Waals surface area contributed by atoms with Crippen molar-refractivity contribution in [2.75, 3.05) is 5.32 Å². The molecule has 5 aromatic rings. The number of carbonyl (C=O) groups excluding carboxylic acids is 4. The normalized spacial score (nSPS) is 12.4. The van der Waals surface area contributed by atoms with Gasteiger partial charge in [0.1, 0.15) is 5.60 Å². The number of nitrogens with two attached hydrogens (primary N) is 1. The van der Waals surface area contributed by atoms with Crippen LogP contribution in [0.5, 0.6) is 0 Å². The summed E-state index contributed by atoms with van der Waals surface area (Å²) in [5.41, 5.74) is 0.377. The molecule has 2 heterocycles. The molecule has 0 aliphatic carbocycles. The van der Waals surface area contributed by atoms with Crippen molar-refractivity contribution in [1.29, 1.82) is 0 Å². The van der Waals surface area contributed by atoms with Gasteiger partial charge in [0.15, 0.2) is 17.3 Å². The van der Waals surface area contributed by atoms with Gasteiger partial charge in [-0.1, -0.05) is 78.1 Å². The number of Topliss-reactive ketones (excluding diaryl/α,β-unsaturated/α-hetero) is 1. The first-order valence-corrected chi connectivity index (χ1v) is 17.2. The minimum atomic E-state index is -4.19.